The molecule has 3 aromatic rings. The van der Waals surface area contributed by atoms with Gasteiger partial charge in [0.25, 0.3) is 5.91 Å². The molecular formula is C26H29N3O3. The highest BCUT2D eigenvalue weighted by Crippen LogP contribution is 2.24. The molecule has 0 bridgehead atoms. The number of benzene rings is 3. The van der Waals surface area contributed by atoms with Gasteiger partial charge >= 0.3 is 0 Å². The van der Waals surface area contributed by atoms with Gasteiger partial charge in [-0.2, -0.15) is 0 Å². The van der Waals surface area contributed by atoms with Crippen LogP contribution in [0, 0.1) is 0 Å². The molecule has 6 heteroatoms. The molecule has 0 aliphatic carbocycles. The first-order valence-electron chi connectivity index (χ1n) is 10.7. The van der Waals surface area contributed by atoms with E-state index in [0.29, 0.717) is 17.0 Å². The molecule has 1 unspecified atom stereocenters. The number of hydrogen-bond donors (Lipinski definition) is 3. The molecule has 0 aliphatic heterocycles. The number of nitrogens with one attached hydrogen (secondary N) is 3. The molecule has 0 saturated heterocycles. The van der Waals surface area contributed by atoms with Gasteiger partial charge in [-0.3, -0.25) is 9.59 Å². The second-order valence-electron chi connectivity index (χ2n) is 7.75. The van der Waals surface area contributed by atoms with Gasteiger partial charge in [-0.1, -0.05) is 42.5 Å². The average molecular weight is 432 g/mol. The predicted octanol–water partition coefficient (Wildman–Crippen LogP) is 5.02. The minimum absolute atomic E-state index is 0.0116. The molecule has 3 rings (SSSR count). The first-order chi connectivity index (χ1) is 15.4. The van der Waals surface area contributed by atoms with Gasteiger partial charge < -0.3 is 20.7 Å². The van der Waals surface area contributed by atoms with Gasteiger partial charge in [0.15, 0.2) is 0 Å². The minimum atomic E-state index is -0.191. The molecule has 0 saturated carbocycles. The van der Waals surface area contributed by atoms with Crippen LogP contribution in [0.2, 0.25) is 0 Å². The fraction of sp³-hybridized carbons (Fsp3) is 0.231. The number of carbonyl (C=O) groups is 2. The Kier molecular flexibility index (Phi) is 7.86. The minimum Gasteiger partial charge on any atom is -0.489 e. The number of rotatable bonds is 9. The summed E-state index contributed by atoms with van der Waals surface area (Å²) in [7, 11) is 0. The van der Waals surface area contributed by atoms with E-state index in [1.54, 1.807) is 30.3 Å². The molecule has 6 nitrogen and oxygen atoms in total. The van der Waals surface area contributed by atoms with E-state index in [-0.39, 0.29) is 30.5 Å². The Labute approximate surface area is 189 Å². The smallest absolute Gasteiger partial charge is 0.251 e. The quantitative estimate of drug-likeness (QED) is 0.445. The second-order valence-corrected chi connectivity index (χ2v) is 7.75. The number of carbonyl (C=O) groups excluding carboxylic acids is 2. The lowest BCUT2D eigenvalue weighted by Gasteiger charge is -2.15. The molecule has 0 radical (unpaired) electrons. The zero-order valence-electron chi connectivity index (χ0n) is 18.6. The molecule has 2 amide bonds. The number of ether oxygens (including phenoxy) is 1. The monoisotopic (exact) mass is 431 g/mol. The second kappa shape index (κ2) is 11.0. The summed E-state index contributed by atoms with van der Waals surface area (Å²) in [6.45, 7) is 5.91. The van der Waals surface area contributed by atoms with Crippen LogP contribution in [0.25, 0.3) is 0 Å². The van der Waals surface area contributed by atoms with Gasteiger partial charge in [-0.15, -0.1) is 0 Å². The Bertz CT molecular complexity index is 1030. The van der Waals surface area contributed by atoms with E-state index in [4.69, 9.17) is 4.74 Å². The van der Waals surface area contributed by atoms with Crippen molar-refractivity contribution in [3.05, 3.63) is 90.0 Å². The van der Waals surface area contributed by atoms with Crippen molar-refractivity contribution < 1.29 is 14.3 Å². The van der Waals surface area contributed by atoms with Gasteiger partial charge in [0.1, 0.15) is 5.75 Å². The van der Waals surface area contributed by atoms with Crippen LogP contribution in [0.15, 0.2) is 78.9 Å². The first kappa shape index (κ1) is 22.9. The van der Waals surface area contributed by atoms with Gasteiger partial charge in [0.2, 0.25) is 5.91 Å². The van der Waals surface area contributed by atoms with Crippen molar-refractivity contribution in [1.29, 1.82) is 0 Å². The van der Waals surface area contributed by atoms with Crippen LogP contribution in [0.4, 0.5) is 11.4 Å². The number of anilines is 2. The van der Waals surface area contributed by atoms with E-state index < -0.39 is 0 Å². The van der Waals surface area contributed by atoms with Crippen LogP contribution in [0.3, 0.4) is 0 Å². The lowest BCUT2D eigenvalue weighted by Crippen LogP contribution is -2.26. The van der Waals surface area contributed by atoms with E-state index in [2.05, 4.69) is 16.0 Å². The van der Waals surface area contributed by atoms with Gasteiger partial charge in [0, 0.05) is 11.3 Å². The van der Waals surface area contributed by atoms with Gasteiger partial charge in [-0.05, 0) is 62.7 Å². The molecule has 0 heterocycles. The topological polar surface area (TPSA) is 79.5 Å². The largest absolute Gasteiger partial charge is 0.489 e. The van der Waals surface area contributed by atoms with Crippen molar-refractivity contribution in [2.75, 3.05) is 17.2 Å². The maximum absolute atomic E-state index is 12.5. The van der Waals surface area contributed by atoms with Crippen molar-refractivity contribution in [3.8, 4) is 5.75 Å². The standard InChI is InChI=1S/C26H29N3O3/c1-18(2)32-24-12-8-7-11-23(24)29-25(30)17-27-22-15-13-21(14-16-22)26(31)28-19(3)20-9-5-4-6-10-20/h4-16,18-19,27H,17H2,1-3H3,(H,28,31)(H,29,30). The Hall–Kier alpha value is -3.80. The maximum atomic E-state index is 12.5. The highest BCUT2D eigenvalue weighted by Gasteiger charge is 2.12. The van der Waals surface area contributed by atoms with E-state index in [0.717, 1.165) is 11.3 Å². The summed E-state index contributed by atoms with van der Waals surface area (Å²) in [4.78, 5) is 24.9. The van der Waals surface area contributed by atoms with Gasteiger partial charge in [0.05, 0.1) is 24.4 Å². The molecular weight excluding hydrogens is 402 g/mol. The molecule has 32 heavy (non-hydrogen) atoms. The molecule has 0 aliphatic rings. The number of hydrogen-bond acceptors (Lipinski definition) is 4. The molecule has 0 spiro atoms. The van der Waals surface area contributed by atoms with E-state index in [1.807, 2.05) is 69.3 Å². The third kappa shape index (κ3) is 6.60. The lowest BCUT2D eigenvalue weighted by molar-refractivity contribution is -0.114. The summed E-state index contributed by atoms with van der Waals surface area (Å²) in [6.07, 6.45) is 0.0116. The molecule has 3 aromatic carbocycles. The van der Waals surface area contributed by atoms with Crippen molar-refractivity contribution in [2.45, 2.75) is 32.9 Å². The number of amides is 2. The van der Waals surface area contributed by atoms with Crippen molar-refractivity contribution in [1.82, 2.24) is 5.32 Å². The highest BCUT2D eigenvalue weighted by atomic mass is 16.5. The van der Waals surface area contributed by atoms with Crippen LogP contribution < -0.4 is 20.7 Å². The van der Waals surface area contributed by atoms with E-state index >= 15 is 0 Å². The van der Waals surface area contributed by atoms with E-state index in [9.17, 15) is 9.59 Å². The first-order valence-corrected chi connectivity index (χ1v) is 10.7. The number of para-hydroxylation sites is 2. The zero-order chi connectivity index (χ0) is 22.9. The summed E-state index contributed by atoms with van der Waals surface area (Å²) in [5.41, 5.74) is 2.99. The lowest BCUT2D eigenvalue weighted by atomic mass is 10.1. The van der Waals surface area contributed by atoms with Crippen LogP contribution >= 0.6 is 0 Å². The molecule has 1 atom stereocenters. The van der Waals surface area contributed by atoms with Crippen LogP contribution in [-0.4, -0.2) is 24.5 Å². The van der Waals surface area contributed by atoms with Crippen molar-refractivity contribution in [2.24, 2.45) is 0 Å². The van der Waals surface area contributed by atoms with Crippen LogP contribution in [0.1, 0.15) is 42.7 Å². The highest BCUT2D eigenvalue weighted by molar-refractivity contribution is 5.96. The Morgan fingerprint density at radius 1 is 0.844 bits per heavy atom. The molecule has 0 fully saturated rings. The average Bonchev–Trinajstić information content (AvgIpc) is 2.79. The Morgan fingerprint density at radius 3 is 2.19 bits per heavy atom. The third-order valence-corrected chi connectivity index (χ3v) is 4.77. The molecule has 166 valence electrons. The molecule has 3 N–H and O–H groups in total. The fourth-order valence-electron chi connectivity index (χ4n) is 3.15. The Balaban J connectivity index is 1.51. The predicted molar refractivity (Wildman–Crippen MR) is 128 cm³/mol. The molecule has 0 aromatic heterocycles. The van der Waals surface area contributed by atoms with Crippen molar-refractivity contribution >= 4 is 23.2 Å². The Morgan fingerprint density at radius 2 is 1.50 bits per heavy atom. The zero-order valence-corrected chi connectivity index (χ0v) is 18.6. The van der Waals surface area contributed by atoms with E-state index in [1.165, 1.54) is 0 Å². The van der Waals surface area contributed by atoms with Crippen molar-refractivity contribution in [3.63, 3.8) is 0 Å². The summed E-state index contributed by atoms with van der Waals surface area (Å²) < 4.78 is 5.73. The SMILES string of the molecule is CC(C)Oc1ccccc1NC(=O)CNc1ccc(C(=O)NC(C)c2ccccc2)cc1. The summed E-state index contributed by atoms with van der Waals surface area (Å²) >= 11 is 0. The summed E-state index contributed by atoms with van der Waals surface area (Å²) in [5, 5.41) is 8.93. The van der Waals surface area contributed by atoms with Gasteiger partial charge in [-0.25, -0.2) is 0 Å². The third-order valence-electron chi connectivity index (χ3n) is 4.77. The maximum Gasteiger partial charge on any atom is 0.251 e. The summed E-state index contributed by atoms with van der Waals surface area (Å²) in [6, 6.07) is 24.1. The van der Waals surface area contributed by atoms with Crippen LogP contribution in [-0.2, 0) is 4.79 Å². The summed E-state index contributed by atoms with van der Waals surface area (Å²) in [5.74, 6) is 0.298. The fourth-order valence-corrected chi connectivity index (χ4v) is 3.15. The normalized spacial score (nSPS) is 11.5. The van der Waals surface area contributed by atoms with Crippen LogP contribution in [0.5, 0.6) is 5.75 Å².